The van der Waals surface area contributed by atoms with Crippen LogP contribution in [-0.2, 0) is 6.54 Å². The number of hydrogen-bond donors (Lipinski definition) is 1. The van der Waals surface area contributed by atoms with E-state index in [4.69, 9.17) is 5.11 Å². The first-order valence-corrected chi connectivity index (χ1v) is 6.68. The second-order valence-corrected chi connectivity index (χ2v) is 5.15. The Balaban J connectivity index is 1.89. The maximum Gasteiger partial charge on any atom is 0.0558 e. The lowest BCUT2D eigenvalue weighted by Gasteiger charge is -2.39. The van der Waals surface area contributed by atoms with Gasteiger partial charge < -0.3 is 5.11 Å². The summed E-state index contributed by atoms with van der Waals surface area (Å²) < 4.78 is 0. The van der Waals surface area contributed by atoms with Gasteiger partial charge in [0.25, 0.3) is 0 Å². The molecule has 1 atom stereocenters. The Bertz CT molecular complexity index is 366. The smallest absolute Gasteiger partial charge is 0.0558 e. The minimum Gasteiger partial charge on any atom is -0.395 e. The number of aliphatic hydroxyl groups is 1. The Hall–Kier alpha value is -0.970. The maximum atomic E-state index is 8.97. The van der Waals surface area contributed by atoms with Crippen molar-refractivity contribution < 1.29 is 5.11 Å². The van der Waals surface area contributed by atoms with Gasteiger partial charge in [-0.05, 0) is 25.5 Å². The topological polar surface area (TPSA) is 39.6 Å². The molecule has 0 unspecified atom stereocenters. The number of aromatic nitrogens is 1. The van der Waals surface area contributed by atoms with Crippen molar-refractivity contribution in [1.29, 1.82) is 0 Å². The fraction of sp³-hybridized carbons (Fsp3) is 0.643. The number of hydrogen-bond acceptors (Lipinski definition) is 4. The molecule has 0 saturated carbocycles. The largest absolute Gasteiger partial charge is 0.395 e. The fourth-order valence-corrected chi connectivity index (χ4v) is 2.48. The summed E-state index contributed by atoms with van der Waals surface area (Å²) in [6.07, 6.45) is 1.97. The lowest BCUT2D eigenvalue weighted by atomic mass is 10.1. The predicted octanol–water partition coefficient (Wildman–Crippen LogP) is 0.888. The van der Waals surface area contributed by atoms with Crippen molar-refractivity contribution in [1.82, 2.24) is 14.8 Å². The monoisotopic (exact) mass is 249 g/mol. The molecule has 2 rings (SSSR count). The highest BCUT2D eigenvalue weighted by atomic mass is 16.3. The van der Waals surface area contributed by atoms with Gasteiger partial charge in [-0.2, -0.15) is 0 Å². The van der Waals surface area contributed by atoms with E-state index in [0.29, 0.717) is 6.04 Å². The summed E-state index contributed by atoms with van der Waals surface area (Å²) in [5, 5.41) is 8.97. The van der Waals surface area contributed by atoms with Crippen LogP contribution in [0.1, 0.15) is 18.2 Å². The highest BCUT2D eigenvalue weighted by molar-refractivity contribution is 5.13. The van der Waals surface area contributed by atoms with E-state index >= 15 is 0 Å². The first-order chi connectivity index (χ1) is 8.69. The van der Waals surface area contributed by atoms with Crippen molar-refractivity contribution in [2.24, 2.45) is 0 Å². The van der Waals surface area contributed by atoms with Gasteiger partial charge in [0.2, 0.25) is 0 Å². The van der Waals surface area contributed by atoms with Gasteiger partial charge in [-0.15, -0.1) is 0 Å². The van der Waals surface area contributed by atoms with Crippen LogP contribution in [0.25, 0.3) is 0 Å². The first-order valence-electron chi connectivity index (χ1n) is 6.68. The van der Waals surface area contributed by atoms with Crippen LogP contribution in [0.2, 0.25) is 0 Å². The molecule has 1 aromatic heterocycles. The van der Waals surface area contributed by atoms with Crippen molar-refractivity contribution in [2.45, 2.75) is 26.4 Å². The molecule has 18 heavy (non-hydrogen) atoms. The summed E-state index contributed by atoms with van der Waals surface area (Å²) in [5.74, 6) is 0. The zero-order valence-corrected chi connectivity index (χ0v) is 11.3. The van der Waals surface area contributed by atoms with E-state index in [1.54, 1.807) is 0 Å². The third kappa shape index (κ3) is 3.51. The average Bonchev–Trinajstić information content (AvgIpc) is 2.36. The molecule has 1 fully saturated rings. The Kier molecular flexibility index (Phi) is 4.69. The van der Waals surface area contributed by atoms with Crippen LogP contribution in [0.15, 0.2) is 18.3 Å². The maximum absolute atomic E-state index is 8.97. The summed E-state index contributed by atoms with van der Waals surface area (Å²) in [5.41, 5.74) is 2.35. The van der Waals surface area contributed by atoms with Crippen LogP contribution in [0.4, 0.5) is 0 Å². The molecule has 1 aromatic rings. The molecule has 0 aromatic carbocycles. The molecule has 1 N–H and O–H groups in total. The molecule has 4 nitrogen and oxygen atoms in total. The molecule has 1 aliphatic rings. The van der Waals surface area contributed by atoms with Gasteiger partial charge >= 0.3 is 0 Å². The number of nitrogens with zero attached hydrogens (tertiary/aromatic N) is 3. The van der Waals surface area contributed by atoms with Gasteiger partial charge in [-0.1, -0.05) is 6.07 Å². The number of β-amino-alcohol motifs (C(OH)–C–C–N with tert-alkyl or cyclic N) is 1. The molecule has 1 saturated heterocycles. The molecule has 0 spiro atoms. The van der Waals surface area contributed by atoms with Crippen molar-refractivity contribution in [2.75, 3.05) is 32.8 Å². The van der Waals surface area contributed by atoms with Gasteiger partial charge in [-0.3, -0.25) is 14.8 Å². The normalized spacial score (nSPS) is 22.3. The van der Waals surface area contributed by atoms with E-state index in [2.05, 4.69) is 33.8 Å². The van der Waals surface area contributed by atoms with Gasteiger partial charge in [-0.25, -0.2) is 0 Å². The predicted molar refractivity (Wildman–Crippen MR) is 72.4 cm³/mol. The van der Waals surface area contributed by atoms with E-state index < -0.39 is 0 Å². The molecular weight excluding hydrogens is 226 g/mol. The van der Waals surface area contributed by atoms with Crippen LogP contribution >= 0.6 is 0 Å². The van der Waals surface area contributed by atoms with Crippen molar-refractivity contribution in [3.63, 3.8) is 0 Å². The van der Waals surface area contributed by atoms with Gasteiger partial charge in [0.1, 0.15) is 0 Å². The Morgan fingerprint density at radius 3 is 2.83 bits per heavy atom. The van der Waals surface area contributed by atoms with Crippen LogP contribution in [0.3, 0.4) is 0 Å². The lowest BCUT2D eigenvalue weighted by molar-refractivity contribution is 0.0663. The SMILES string of the molecule is Cc1ccc(CN2CCN(CCO)C[C@H]2C)cn1. The molecule has 0 radical (unpaired) electrons. The number of aliphatic hydroxyl groups excluding tert-OH is 1. The highest BCUT2D eigenvalue weighted by Crippen LogP contribution is 2.13. The number of pyridine rings is 1. The first kappa shape index (κ1) is 13.5. The average molecular weight is 249 g/mol. The Morgan fingerprint density at radius 2 is 2.22 bits per heavy atom. The molecule has 100 valence electrons. The van der Waals surface area contributed by atoms with Crippen LogP contribution in [0, 0.1) is 6.92 Å². The highest BCUT2D eigenvalue weighted by Gasteiger charge is 2.23. The third-order valence-corrected chi connectivity index (χ3v) is 3.62. The number of rotatable bonds is 4. The number of aryl methyl sites for hydroxylation is 1. The van der Waals surface area contributed by atoms with Crippen LogP contribution < -0.4 is 0 Å². The molecule has 0 aliphatic carbocycles. The van der Waals surface area contributed by atoms with Crippen LogP contribution in [0.5, 0.6) is 0 Å². The van der Waals surface area contributed by atoms with E-state index in [1.165, 1.54) is 5.56 Å². The van der Waals surface area contributed by atoms with Crippen molar-refractivity contribution in [3.8, 4) is 0 Å². The summed E-state index contributed by atoms with van der Waals surface area (Å²) in [4.78, 5) is 9.16. The van der Waals surface area contributed by atoms with E-state index in [1.807, 2.05) is 13.1 Å². The second kappa shape index (κ2) is 6.27. The zero-order valence-electron chi connectivity index (χ0n) is 11.3. The van der Waals surface area contributed by atoms with Gasteiger partial charge in [0.05, 0.1) is 6.61 Å². The molecule has 0 bridgehead atoms. The molecule has 2 heterocycles. The van der Waals surface area contributed by atoms with Crippen molar-refractivity contribution in [3.05, 3.63) is 29.6 Å². The summed E-state index contributed by atoms with van der Waals surface area (Å²) in [6, 6.07) is 4.77. The minimum absolute atomic E-state index is 0.259. The Labute approximate surface area is 109 Å². The Morgan fingerprint density at radius 1 is 1.39 bits per heavy atom. The zero-order chi connectivity index (χ0) is 13.0. The quantitative estimate of drug-likeness (QED) is 0.860. The van der Waals surface area contributed by atoms with E-state index in [9.17, 15) is 0 Å². The lowest BCUT2D eigenvalue weighted by Crippen LogP contribution is -2.51. The fourth-order valence-electron chi connectivity index (χ4n) is 2.48. The number of piperazine rings is 1. The molecule has 4 heteroatoms. The summed E-state index contributed by atoms with van der Waals surface area (Å²) in [7, 11) is 0. The van der Waals surface area contributed by atoms with Gasteiger partial charge in [0, 0.05) is 50.7 Å². The standard InChI is InChI=1S/C14H23N3O/c1-12-3-4-14(9-15-12)11-17-6-5-16(7-8-18)10-13(17)2/h3-4,9,13,18H,5-8,10-11H2,1-2H3/t13-/m1/s1. The second-order valence-electron chi connectivity index (χ2n) is 5.15. The van der Waals surface area contributed by atoms with Crippen LogP contribution in [-0.4, -0.2) is 58.7 Å². The van der Waals surface area contributed by atoms with E-state index in [0.717, 1.165) is 38.4 Å². The van der Waals surface area contributed by atoms with Crippen molar-refractivity contribution >= 4 is 0 Å². The molecular formula is C14H23N3O. The summed E-state index contributed by atoms with van der Waals surface area (Å²) in [6.45, 7) is 9.45. The summed E-state index contributed by atoms with van der Waals surface area (Å²) >= 11 is 0. The molecule has 0 amide bonds. The molecule has 1 aliphatic heterocycles. The van der Waals surface area contributed by atoms with E-state index in [-0.39, 0.29) is 6.61 Å². The minimum atomic E-state index is 0.259. The third-order valence-electron chi connectivity index (χ3n) is 3.62. The van der Waals surface area contributed by atoms with Gasteiger partial charge in [0.15, 0.2) is 0 Å².